The number of benzene rings is 2. The van der Waals surface area contributed by atoms with E-state index in [0.29, 0.717) is 0 Å². The van der Waals surface area contributed by atoms with Gasteiger partial charge in [0, 0.05) is 23.0 Å². The van der Waals surface area contributed by atoms with Crippen molar-refractivity contribution < 1.29 is 9.50 Å². The van der Waals surface area contributed by atoms with Crippen LogP contribution in [0.15, 0.2) is 36.4 Å². The lowest BCUT2D eigenvalue weighted by molar-refractivity contribution is 0.0715. The summed E-state index contributed by atoms with van der Waals surface area (Å²) >= 11 is 6.54. The Balaban J connectivity index is 0.00000121. The number of phenolic OH excluding ortho intramolecular Hbond substituents is 1. The van der Waals surface area contributed by atoms with Crippen LogP contribution in [0.3, 0.4) is 0 Å². The quantitative estimate of drug-likeness (QED) is 0.540. The van der Waals surface area contributed by atoms with Gasteiger partial charge in [0.2, 0.25) is 0 Å². The number of phenols is 1. The van der Waals surface area contributed by atoms with E-state index in [1.807, 2.05) is 18.2 Å². The van der Waals surface area contributed by atoms with E-state index in [1.54, 1.807) is 6.07 Å². The first-order valence-electron chi connectivity index (χ1n) is 8.49. The van der Waals surface area contributed by atoms with Crippen molar-refractivity contribution >= 4 is 45.6 Å². The second-order valence-electron chi connectivity index (χ2n) is 7.13. The van der Waals surface area contributed by atoms with Crippen molar-refractivity contribution in [2.45, 2.75) is 37.1 Å². The monoisotopic (exact) mass is 505 g/mol. The summed E-state index contributed by atoms with van der Waals surface area (Å²) in [5.74, 6) is -0.792. The van der Waals surface area contributed by atoms with E-state index in [0.717, 1.165) is 48.4 Å². The average molecular weight is 508 g/mol. The van der Waals surface area contributed by atoms with Crippen LogP contribution in [0.1, 0.15) is 42.0 Å². The summed E-state index contributed by atoms with van der Waals surface area (Å²) in [4.78, 5) is 2.34. The molecule has 4 rings (SSSR count). The van der Waals surface area contributed by atoms with Crippen LogP contribution in [0.5, 0.6) is 5.75 Å². The fourth-order valence-corrected chi connectivity index (χ4v) is 4.91. The molecule has 0 saturated heterocycles. The molecule has 1 atom stereocenters. The van der Waals surface area contributed by atoms with Crippen LogP contribution in [0, 0.1) is 5.82 Å². The molecule has 1 aliphatic carbocycles. The number of hydrogen-bond donors (Lipinski definition) is 1. The predicted molar refractivity (Wildman–Crippen MR) is 115 cm³/mol. The Hall–Kier alpha value is -0.620. The highest BCUT2D eigenvalue weighted by Crippen LogP contribution is 2.57. The van der Waals surface area contributed by atoms with Gasteiger partial charge in [-0.25, -0.2) is 4.39 Å². The Labute approximate surface area is 179 Å². The molecule has 0 radical (unpaired) electrons. The van der Waals surface area contributed by atoms with Gasteiger partial charge in [-0.15, -0.1) is 34.0 Å². The van der Waals surface area contributed by atoms with Gasteiger partial charge in [-0.2, -0.15) is 0 Å². The molecule has 1 fully saturated rings. The first kappa shape index (κ1) is 21.7. The van der Waals surface area contributed by atoms with Gasteiger partial charge in [0.05, 0.1) is 0 Å². The SMILES string of the molecule is Br.Br.CN1CCc2cc(F)c(O)cc2C1C1(c2ccccc2Cl)CCC1. The van der Waals surface area contributed by atoms with Crippen molar-refractivity contribution in [3.8, 4) is 5.75 Å². The summed E-state index contributed by atoms with van der Waals surface area (Å²) in [6.07, 6.45) is 4.09. The van der Waals surface area contributed by atoms with E-state index in [-0.39, 0.29) is 51.2 Å². The van der Waals surface area contributed by atoms with Gasteiger partial charge in [0.25, 0.3) is 0 Å². The third-order valence-electron chi connectivity index (χ3n) is 5.86. The molecule has 142 valence electrons. The summed E-state index contributed by atoms with van der Waals surface area (Å²) in [5.41, 5.74) is 3.16. The molecule has 2 nitrogen and oxygen atoms in total. The van der Waals surface area contributed by atoms with Crippen molar-refractivity contribution in [3.63, 3.8) is 0 Å². The molecule has 1 heterocycles. The Morgan fingerprint density at radius 2 is 1.88 bits per heavy atom. The minimum Gasteiger partial charge on any atom is -0.505 e. The molecular formula is C20H23Br2ClFNO. The minimum atomic E-state index is -0.530. The molecule has 2 aliphatic rings. The van der Waals surface area contributed by atoms with Crippen LogP contribution >= 0.6 is 45.6 Å². The zero-order valence-electron chi connectivity index (χ0n) is 14.5. The number of nitrogens with zero attached hydrogens (tertiary/aromatic N) is 1. The van der Waals surface area contributed by atoms with Crippen LogP contribution in [-0.2, 0) is 11.8 Å². The number of rotatable bonds is 2. The molecule has 2 aromatic carbocycles. The Morgan fingerprint density at radius 3 is 2.50 bits per heavy atom. The van der Waals surface area contributed by atoms with E-state index in [9.17, 15) is 9.50 Å². The molecule has 0 bridgehead atoms. The number of likely N-dealkylation sites (N-methyl/N-ethyl adjacent to an activating group) is 1. The highest BCUT2D eigenvalue weighted by Gasteiger charge is 2.50. The van der Waals surface area contributed by atoms with Gasteiger partial charge in [0.15, 0.2) is 11.6 Å². The lowest BCUT2D eigenvalue weighted by Gasteiger charge is -2.53. The van der Waals surface area contributed by atoms with Crippen molar-refractivity contribution in [1.82, 2.24) is 4.90 Å². The van der Waals surface area contributed by atoms with E-state index in [4.69, 9.17) is 11.6 Å². The maximum atomic E-state index is 13.8. The summed E-state index contributed by atoms with van der Waals surface area (Å²) in [7, 11) is 2.12. The smallest absolute Gasteiger partial charge is 0.165 e. The summed E-state index contributed by atoms with van der Waals surface area (Å²) < 4.78 is 13.8. The first-order valence-corrected chi connectivity index (χ1v) is 8.87. The molecule has 6 heteroatoms. The molecule has 1 aliphatic heterocycles. The molecule has 0 aromatic heterocycles. The topological polar surface area (TPSA) is 23.5 Å². The van der Waals surface area contributed by atoms with Gasteiger partial charge in [-0.1, -0.05) is 36.2 Å². The van der Waals surface area contributed by atoms with Crippen LogP contribution in [0.25, 0.3) is 0 Å². The van der Waals surface area contributed by atoms with Gasteiger partial charge >= 0.3 is 0 Å². The molecular weight excluding hydrogens is 484 g/mol. The Morgan fingerprint density at radius 1 is 1.19 bits per heavy atom. The lowest BCUT2D eigenvalue weighted by atomic mass is 9.57. The molecule has 1 unspecified atom stereocenters. The maximum absolute atomic E-state index is 13.8. The largest absolute Gasteiger partial charge is 0.505 e. The van der Waals surface area contributed by atoms with Crippen LogP contribution < -0.4 is 0 Å². The summed E-state index contributed by atoms with van der Waals surface area (Å²) in [6.45, 7) is 0.883. The van der Waals surface area contributed by atoms with Gasteiger partial charge in [0.1, 0.15) is 0 Å². The average Bonchev–Trinajstić information content (AvgIpc) is 2.52. The first-order chi connectivity index (χ1) is 11.5. The fraction of sp³-hybridized carbons (Fsp3) is 0.400. The van der Waals surface area contributed by atoms with Crippen LogP contribution in [0.2, 0.25) is 5.02 Å². The minimum absolute atomic E-state index is 0. The zero-order chi connectivity index (χ0) is 16.9. The van der Waals surface area contributed by atoms with Crippen molar-refractivity contribution in [2.24, 2.45) is 0 Å². The van der Waals surface area contributed by atoms with E-state index < -0.39 is 5.82 Å². The highest BCUT2D eigenvalue weighted by molar-refractivity contribution is 8.93. The molecule has 2 aromatic rings. The number of fused-ring (bicyclic) bond motifs is 1. The Kier molecular flexibility index (Phi) is 6.81. The fourth-order valence-electron chi connectivity index (χ4n) is 4.59. The van der Waals surface area contributed by atoms with E-state index >= 15 is 0 Å². The number of aromatic hydroxyl groups is 1. The van der Waals surface area contributed by atoms with Crippen molar-refractivity contribution in [2.75, 3.05) is 13.6 Å². The molecule has 0 spiro atoms. The van der Waals surface area contributed by atoms with E-state index in [1.165, 1.54) is 11.6 Å². The number of halogens is 4. The molecule has 26 heavy (non-hydrogen) atoms. The van der Waals surface area contributed by atoms with Gasteiger partial charge in [-0.05, 0) is 61.2 Å². The van der Waals surface area contributed by atoms with Gasteiger partial charge < -0.3 is 5.11 Å². The second kappa shape index (κ2) is 8.17. The van der Waals surface area contributed by atoms with Gasteiger partial charge in [-0.3, -0.25) is 4.90 Å². The third-order valence-corrected chi connectivity index (χ3v) is 6.19. The third kappa shape index (κ3) is 3.32. The second-order valence-corrected chi connectivity index (χ2v) is 7.53. The molecule has 0 amide bonds. The zero-order valence-corrected chi connectivity index (χ0v) is 18.7. The predicted octanol–water partition coefficient (Wildman–Crippen LogP) is 5.99. The normalized spacial score (nSPS) is 21.0. The van der Waals surface area contributed by atoms with Crippen LogP contribution in [-0.4, -0.2) is 23.6 Å². The summed E-state index contributed by atoms with van der Waals surface area (Å²) in [6, 6.07) is 11.3. The molecule has 1 saturated carbocycles. The molecule has 1 N–H and O–H groups in total. The van der Waals surface area contributed by atoms with Crippen molar-refractivity contribution in [1.29, 1.82) is 0 Å². The van der Waals surface area contributed by atoms with Crippen molar-refractivity contribution in [3.05, 3.63) is 63.9 Å². The maximum Gasteiger partial charge on any atom is 0.165 e. The van der Waals surface area contributed by atoms with Crippen LogP contribution in [0.4, 0.5) is 4.39 Å². The number of hydrogen-bond acceptors (Lipinski definition) is 2. The lowest BCUT2D eigenvalue weighted by Crippen LogP contribution is -2.50. The standard InChI is InChI=1S/C20H21ClFNO.2BrH/c1-23-10-7-13-11-17(22)18(24)12-14(13)19(23)20(8-4-9-20)15-5-2-3-6-16(15)21;;/h2-3,5-6,11-12,19,24H,4,7-10H2,1H3;2*1H. The summed E-state index contributed by atoms with van der Waals surface area (Å²) in [5, 5.41) is 10.7. The van der Waals surface area contributed by atoms with E-state index in [2.05, 4.69) is 18.0 Å². The Bertz CT molecular complexity index is 797. The highest BCUT2D eigenvalue weighted by atomic mass is 79.9.